The fraction of sp³-hybridized carbons (Fsp3) is 0.296. The lowest BCUT2D eigenvalue weighted by Crippen LogP contribution is -2.31. The summed E-state index contributed by atoms with van der Waals surface area (Å²) in [6.07, 6.45) is 3.03. The van der Waals surface area contributed by atoms with Gasteiger partial charge < -0.3 is 9.84 Å². The molecule has 2 heterocycles. The van der Waals surface area contributed by atoms with Crippen LogP contribution in [-0.2, 0) is 20.4 Å². The summed E-state index contributed by atoms with van der Waals surface area (Å²) in [5.74, 6) is 0. The van der Waals surface area contributed by atoms with Crippen molar-refractivity contribution < 1.29 is 18.3 Å². The van der Waals surface area contributed by atoms with Crippen LogP contribution in [0, 0.1) is 0 Å². The van der Waals surface area contributed by atoms with Gasteiger partial charge >= 0.3 is 0 Å². The molecule has 2 aromatic heterocycles. The summed E-state index contributed by atoms with van der Waals surface area (Å²) >= 11 is 8.04. The Morgan fingerprint density at radius 2 is 1.97 bits per heavy atom. The van der Waals surface area contributed by atoms with E-state index < -0.39 is 21.7 Å². The van der Waals surface area contributed by atoms with Crippen molar-refractivity contribution in [3.05, 3.63) is 87.9 Å². The van der Waals surface area contributed by atoms with E-state index in [1.165, 1.54) is 11.3 Å². The van der Waals surface area contributed by atoms with Crippen molar-refractivity contribution in [3.63, 3.8) is 0 Å². The maximum atomic E-state index is 13.0. The average Bonchev–Trinajstić information content (AvgIpc) is 3.63. The van der Waals surface area contributed by atoms with Gasteiger partial charge in [0.15, 0.2) is 0 Å². The van der Waals surface area contributed by atoms with Gasteiger partial charge in [-0.25, -0.2) is 13.1 Å². The molecule has 5 rings (SSSR count). The average molecular weight is 543 g/mol. The number of nitrogens with one attached hydrogen (secondary N) is 1. The van der Waals surface area contributed by atoms with Crippen LogP contribution in [0.4, 0.5) is 0 Å². The molecule has 6 nitrogen and oxygen atoms in total. The van der Waals surface area contributed by atoms with Crippen LogP contribution < -0.4 is 4.72 Å². The number of thiophene rings is 1. The van der Waals surface area contributed by atoms with Crippen LogP contribution >= 0.6 is 22.9 Å². The highest BCUT2D eigenvalue weighted by molar-refractivity contribution is 7.90. The van der Waals surface area contributed by atoms with Crippen molar-refractivity contribution in [2.45, 2.75) is 36.7 Å². The lowest BCUT2D eigenvalue weighted by Gasteiger charge is -2.23. The van der Waals surface area contributed by atoms with Gasteiger partial charge in [0.1, 0.15) is 5.60 Å². The molecule has 36 heavy (non-hydrogen) atoms. The van der Waals surface area contributed by atoms with Crippen molar-refractivity contribution in [3.8, 4) is 11.3 Å². The fourth-order valence-corrected chi connectivity index (χ4v) is 7.43. The molecule has 188 valence electrons. The van der Waals surface area contributed by atoms with E-state index in [-0.39, 0.29) is 11.9 Å². The Bertz CT molecular complexity index is 1510. The second-order valence-electron chi connectivity index (χ2n) is 9.33. The lowest BCUT2D eigenvalue weighted by atomic mass is 9.96. The van der Waals surface area contributed by atoms with Crippen molar-refractivity contribution >= 4 is 43.0 Å². The van der Waals surface area contributed by atoms with E-state index in [2.05, 4.69) is 9.71 Å². The highest BCUT2D eigenvalue weighted by Gasteiger charge is 2.38. The Labute approximate surface area is 220 Å². The van der Waals surface area contributed by atoms with Gasteiger partial charge in [-0.3, -0.25) is 4.98 Å². The summed E-state index contributed by atoms with van der Waals surface area (Å²) in [6.45, 7) is 1.87. The molecule has 1 aliphatic carbocycles. The molecular weight excluding hydrogens is 516 g/mol. The van der Waals surface area contributed by atoms with E-state index in [1.54, 1.807) is 32.4 Å². The number of nitrogens with zero attached hydrogens (tertiary/aromatic N) is 1. The van der Waals surface area contributed by atoms with Crippen molar-refractivity contribution in [2.24, 2.45) is 0 Å². The molecule has 0 spiro atoms. The van der Waals surface area contributed by atoms with Gasteiger partial charge in [-0.1, -0.05) is 48.0 Å². The van der Waals surface area contributed by atoms with Gasteiger partial charge in [-0.15, -0.1) is 11.3 Å². The first-order valence-electron chi connectivity index (χ1n) is 11.7. The molecule has 2 aromatic carbocycles. The standard InChI is InChI=1S/C27H27ClN2O4S2/c1-27(31,16-34-2)18-12-13-29-23(15-18)21-8-5-6-17-14-24(35-26(17)21)25(20-7-3-4-9-22(20)28)30-36(32,33)19-10-11-19/h3-9,12-15,19,25,30-31H,10-11,16H2,1-2H3/t25-,27?/m1/s1. The smallest absolute Gasteiger partial charge is 0.215 e. The number of fused-ring (bicyclic) bond motifs is 1. The zero-order chi connectivity index (χ0) is 25.5. The first-order valence-corrected chi connectivity index (χ1v) is 14.4. The maximum Gasteiger partial charge on any atom is 0.215 e. The van der Waals surface area contributed by atoms with E-state index in [4.69, 9.17) is 16.3 Å². The predicted octanol–water partition coefficient (Wildman–Crippen LogP) is 5.64. The van der Waals surface area contributed by atoms with Crippen LogP contribution in [0.5, 0.6) is 0 Å². The van der Waals surface area contributed by atoms with Crippen molar-refractivity contribution in [2.75, 3.05) is 13.7 Å². The van der Waals surface area contributed by atoms with Crippen LogP contribution in [0.3, 0.4) is 0 Å². The zero-order valence-electron chi connectivity index (χ0n) is 19.9. The quantitative estimate of drug-likeness (QED) is 0.286. The molecule has 0 aliphatic heterocycles. The molecule has 2 atom stereocenters. The predicted molar refractivity (Wildman–Crippen MR) is 145 cm³/mol. The van der Waals surface area contributed by atoms with E-state index in [1.807, 2.05) is 48.5 Å². The summed E-state index contributed by atoms with van der Waals surface area (Å²) in [6, 6.07) is 18.3. The lowest BCUT2D eigenvalue weighted by molar-refractivity contribution is -0.0208. The number of pyridine rings is 1. The van der Waals surface area contributed by atoms with Gasteiger partial charge in [0.05, 0.1) is 23.6 Å². The third-order valence-electron chi connectivity index (χ3n) is 6.39. The molecule has 0 radical (unpaired) electrons. The summed E-state index contributed by atoms with van der Waals surface area (Å²) < 4.78 is 35.0. The minimum absolute atomic E-state index is 0.157. The van der Waals surface area contributed by atoms with Crippen LogP contribution in [0.2, 0.25) is 5.02 Å². The van der Waals surface area contributed by atoms with Crippen LogP contribution in [0.1, 0.15) is 41.8 Å². The number of aliphatic hydroxyl groups is 1. The minimum Gasteiger partial charge on any atom is -0.383 e. The summed E-state index contributed by atoms with van der Waals surface area (Å²) in [5, 5.41) is 12.0. The first-order chi connectivity index (χ1) is 17.2. The van der Waals surface area contributed by atoms with Gasteiger partial charge in [0.25, 0.3) is 0 Å². The normalized spacial score (nSPS) is 16.7. The Morgan fingerprint density at radius 3 is 2.69 bits per heavy atom. The van der Waals surface area contributed by atoms with E-state index >= 15 is 0 Å². The van der Waals surface area contributed by atoms with E-state index in [0.29, 0.717) is 29.0 Å². The van der Waals surface area contributed by atoms with Crippen LogP contribution in [0.25, 0.3) is 21.3 Å². The Balaban J connectivity index is 1.61. The largest absolute Gasteiger partial charge is 0.383 e. The summed E-state index contributed by atoms with van der Waals surface area (Å²) in [5.41, 5.74) is 1.89. The van der Waals surface area contributed by atoms with Crippen molar-refractivity contribution in [1.29, 1.82) is 0 Å². The summed E-state index contributed by atoms with van der Waals surface area (Å²) in [7, 11) is -1.93. The van der Waals surface area contributed by atoms with E-state index in [0.717, 1.165) is 26.2 Å². The topological polar surface area (TPSA) is 88.5 Å². The fourth-order valence-electron chi connectivity index (χ4n) is 4.33. The van der Waals surface area contributed by atoms with Gasteiger partial charge in [0.2, 0.25) is 10.0 Å². The number of hydrogen-bond donors (Lipinski definition) is 2. The molecule has 1 fully saturated rings. The molecule has 1 aliphatic rings. The number of halogens is 1. The first kappa shape index (κ1) is 25.3. The monoisotopic (exact) mass is 542 g/mol. The second-order valence-corrected chi connectivity index (χ2v) is 12.8. The third kappa shape index (κ3) is 5.07. The number of benzene rings is 2. The number of hydrogen-bond acceptors (Lipinski definition) is 6. The van der Waals surface area contributed by atoms with Gasteiger partial charge in [0, 0.05) is 33.5 Å². The van der Waals surface area contributed by atoms with Crippen LogP contribution in [0.15, 0.2) is 66.9 Å². The zero-order valence-corrected chi connectivity index (χ0v) is 22.3. The molecule has 0 bridgehead atoms. The molecule has 4 aromatic rings. The summed E-state index contributed by atoms with van der Waals surface area (Å²) in [4.78, 5) is 5.42. The maximum absolute atomic E-state index is 13.0. The third-order valence-corrected chi connectivity index (χ3v) is 9.90. The minimum atomic E-state index is -3.48. The molecule has 2 N–H and O–H groups in total. The second kappa shape index (κ2) is 9.85. The number of aromatic nitrogens is 1. The van der Waals surface area contributed by atoms with Crippen molar-refractivity contribution in [1.82, 2.24) is 9.71 Å². The SMILES string of the molecule is COCC(C)(O)c1ccnc(-c2cccc3cc([C@H](NS(=O)(=O)C4CC4)c4ccccc4Cl)sc23)c1. The Hall–Kier alpha value is -2.33. The number of rotatable bonds is 9. The molecule has 1 saturated carbocycles. The van der Waals surface area contributed by atoms with Crippen LogP contribution in [-0.4, -0.2) is 37.5 Å². The molecule has 0 saturated heterocycles. The number of sulfonamides is 1. The van der Waals surface area contributed by atoms with Gasteiger partial charge in [-0.05, 0) is 60.5 Å². The number of methoxy groups -OCH3 is 1. The molecule has 9 heteroatoms. The Kier molecular flexibility index (Phi) is 6.93. The Morgan fingerprint density at radius 1 is 1.19 bits per heavy atom. The van der Waals surface area contributed by atoms with E-state index in [9.17, 15) is 13.5 Å². The number of ether oxygens (including phenoxy) is 1. The molecule has 0 amide bonds. The molecule has 1 unspecified atom stereocenters. The highest BCUT2D eigenvalue weighted by Crippen LogP contribution is 2.41. The highest BCUT2D eigenvalue weighted by atomic mass is 35.5. The van der Waals surface area contributed by atoms with Gasteiger partial charge in [-0.2, -0.15) is 0 Å². The molecular formula is C27H27ClN2O4S2.